The molecular weight excluding hydrogens is 316 g/mol. The molecule has 1 aromatic rings. The molecule has 5 nitrogen and oxygen atoms in total. The number of nitrogens with zero attached hydrogens (tertiary/aromatic N) is 2. The Bertz CT molecular complexity index is 579. The van der Waals surface area contributed by atoms with Crippen molar-refractivity contribution in [2.24, 2.45) is 0 Å². The molecule has 0 spiro atoms. The summed E-state index contributed by atoms with van der Waals surface area (Å²) in [5, 5.41) is 2.58. The molecule has 1 atom stereocenters. The molecule has 0 radical (unpaired) electrons. The van der Waals surface area contributed by atoms with Crippen molar-refractivity contribution >= 4 is 11.7 Å². The molecule has 2 heterocycles. The number of rotatable bonds is 3. The molecule has 0 bridgehead atoms. The van der Waals surface area contributed by atoms with Crippen LogP contribution in [0.5, 0.6) is 0 Å². The summed E-state index contributed by atoms with van der Waals surface area (Å²) in [6.45, 7) is 4.66. The summed E-state index contributed by atoms with van der Waals surface area (Å²) in [5.74, 6) is -1.42. The molecule has 2 amide bonds. The van der Waals surface area contributed by atoms with Crippen LogP contribution in [0.2, 0.25) is 0 Å². The average molecular weight is 339 g/mol. The number of benzene rings is 1. The van der Waals surface area contributed by atoms with E-state index in [4.69, 9.17) is 4.74 Å². The summed E-state index contributed by atoms with van der Waals surface area (Å²) < 4.78 is 32.1. The van der Waals surface area contributed by atoms with Gasteiger partial charge in [-0.2, -0.15) is 0 Å². The van der Waals surface area contributed by atoms with Crippen molar-refractivity contribution in [1.29, 1.82) is 0 Å². The van der Waals surface area contributed by atoms with Gasteiger partial charge >= 0.3 is 6.03 Å². The van der Waals surface area contributed by atoms with E-state index in [0.717, 1.165) is 64.2 Å². The molecule has 0 aliphatic carbocycles. The number of hydrogen-bond acceptors (Lipinski definition) is 3. The molecule has 0 saturated carbocycles. The minimum atomic E-state index is -0.759. The Labute approximate surface area is 140 Å². The molecule has 2 aliphatic heterocycles. The topological polar surface area (TPSA) is 44.8 Å². The number of ether oxygens (including phenoxy) is 1. The van der Waals surface area contributed by atoms with E-state index in [9.17, 15) is 13.6 Å². The van der Waals surface area contributed by atoms with E-state index >= 15 is 0 Å². The molecule has 3 rings (SSSR count). The Kier molecular flexibility index (Phi) is 5.63. The van der Waals surface area contributed by atoms with Crippen LogP contribution in [-0.2, 0) is 4.74 Å². The van der Waals surface area contributed by atoms with E-state index in [-0.39, 0.29) is 17.8 Å². The van der Waals surface area contributed by atoms with Crippen LogP contribution in [0.4, 0.5) is 19.3 Å². The maximum atomic E-state index is 13.8. The van der Waals surface area contributed by atoms with E-state index in [1.54, 1.807) is 4.90 Å². The lowest BCUT2D eigenvalue weighted by atomic mass is 10.0. The molecule has 0 aromatic heterocycles. The summed E-state index contributed by atoms with van der Waals surface area (Å²) in [5.41, 5.74) is 0.0112. The van der Waals surface area contributed by atoms with E-state index in [0.29, 0.717) is 6.54 Å². The lowest BCUT2D eigenvalue weighted by Gasteiger charge is -2.39. The normalized spacial score (nSPS) is 22.4. The monoisotopic (exact) mass is 339 g/mol. The Hall–Kier alpha value is -1.73. The van der Waals surface area contributed by atoms with Crippen molar-refractivity contribution in [2.75, 3.05) is 44.7 Å². The van der Waals surface area contributed by atoms with Gasteiger partial charge in [0.2, 0.25) is 0 Å². The van der Waals surface area contributed by atoms with Gasteiger partial charge in [0, 0.05) is 38.3 Å². The zero-order chi connectivity index (χ0) is 16.9. The molecule has 0 unspecified atom stereocenters. The number of urea groups is 1. The molecule has 132 valence electrons. The third kappa shape index (κ3) is 4.21. The number of nitrogens with one attached hydrogen (secondary N) is 1. The molecule has 1 N–H and O–H groups in total. The summed E-state index contributed by atoms with van der Waals surface area (Å²) in [7, 11) is 0. The highest BCUT2D eigenvalue weighted by Gasteiger charge is 2.29. The minimum absolute atomic E-state index is 0.0112. The minimum Gasteiger partial charge on any atom is -0.379 e. The first-order valence-corrected chi connectivity index (χ1v) is 8.46. The molecule has 2 saturated heterocycles. The fourth-order valence-corrected chi connectivity index (χ4v) is 3.32. The highest BCUT2D eigenvalue weighted by Crippen LogP contribution is 2.21. The Balaban J connectivity index is 1.64. The second-order valence-electron chi connectivity index (χ2n) is 6.31. The smallest absolute Gasteiger partial charge is 0.322 e. The third-order valence-corrected chi connectivity index (χ3v) is 4.63. The lowest BCUT2D eigenvalue weighted by molar-refractivity contribution is 0.0229. The predicted molar refractivity (Wildman–Crippen MR) is 87.0 cm³/mol. The number of morpholine rings is 1. The summed E-state index contributed by atoms with van der Waals surface area (Å²) in [4.78, 5) is 16.7. The van der Waals surface area contributed by atoms with Crippen LogP contribution in [0.15, 0.2) is 18.2 Å². The van der Waals surface area contributed by atoms with Crippen LogP contribution < -0.4 is 5.32 Å². The van der Waals surface area contributed by atoms with Crippen molar-refractivity contribution in [2.45, 2.75) is 25.3 Å². The Morgan fingerprint density at radius 3 is 2.75 bits per heavy atom. The van der Waals surface area contributed by atoms with Crippen molar-refractivity contribution in [3.05, 3.63) is 29.8 Å². The van der Waals surface area contributed by atoms with E-state index in [2.05, 4.69) is 10.2 Å². The molecule has 2 fully saturated rings. The van der Waals surface area contributed by atoms with Crippen molar-refractivity contribution in [1.82, 2.24) is 9.80 Å². The predicted octanol–water partition coefficient (Wildman–Crippen LogP) is 2.68. The van der Waals surface area contributed by atoms with Crippen LogP contribution in [0.1, 0.15) is 19.3 Å². The standard InChI is InChI=1S/C17H23F2N3O2/c18-13-4-5-16(15(19)11-13)20-17(23)22-6-2-1-3-14(22)12-21-7-9-24-10-8-21/h4-5,11,14H,1-3,6-10,12H2,(H,20,23)/t14-/m0/s1. The van der Waals surface area contributed by atoms with E-state index in [1.807, 2.05) is 0 Å². The van der Waals surface area contributed by atoms with Gasteiger partial charge < -0.3 is 15.0 Å². The SMILES string of the molecule is O=C(Nc1ccc(F)cc1F)N1CCCC[C@H]1CN1CCOCC1. The van der Waals surface area contributed by atoms with Gasteiger partial charge in [-0.1, -0.05) is 0 Å². The highest BCUT2D eigenvalue weighted by molar-refractivity contribution is 5.89. The highest BCUT2D eigenvalue weighted by atomic mass is 19.1. The number of likely N-dealkylation sites (tertiary alicyclic amines) is 1. The third-order valence-electron chi connectivity index (χ3n) is 4.63. The van der Waals surface area contributed by atoms with Gasteiger partial charge in [0.25, 0.3) is 0 Å². The molecule has 1 aromatic carbocycles. The van der Waals surface area contributed by atoms with Crippen molar-refractivity contribution < 1.29 is 18.3 Å². The Morgan fingerprint density at radius 1 is 1.21 bits per heavy atom. The maximum absolute atomic E-state index is 13.8. The number of carbonyl (C=O) groups is 1. The summed E-state index contributed by atoms with van der Waals surface area (Å²) >= 11 is 0. The van der Waals surface area contributed by atoms with Gasteiger partial charge in [-0.15, -0.1) is 0 Å². The lowest BCUT2D eigenvalue weighted by Crippen LogP contribution is -2.52. The van der Waals surface area contributed by atoms with Crippen LogP contribution >= 0.6 is 0 Å². The number of amides is 2. The molecule has 7 heteroatoms. The van der Waals surface area contributed by atoms with Gasteiger partial charge in [-0.25, -0.2) is 13.6 Å². The van der Waals surface area contributed by atoms with Crippen LogP contribution in [0.3, 0.4) is 0 Å². The maximum Gasteiger partial charge on any atom is 0.322 e. The largest absolute Gasteiger partial charge is 0.379 e. The second-order valence-corrected chi connectivity index (χ2v) is 6.31. The molecular formula is C17H23F2N3O2. The number of anilines is 1. The fourth-order valence-electron chi connectivity index (χ4n) is 3.32. The number of hydrogen-bond donors (Lipinski definition) is 1. The molecule has 2 aliphatic rings. The first kappa shape index (κ1) is 17.1. The van der Waals surface area contributed by atoms with Crippen LogP contribution in [0, 0.1) is 11.6 Å². The van der Waals surface area contributed by atoms with Crippen LogP contribution in [-0.4, -0.2) is 61.3 Å². The second kappa shape index (κ2) is 7.90. The van der Waals surface area contributed by atoms with Crippen LogP contribution in [0.25, 0.3) is 0 Å². The fraction of sp³-hybridized carbons (Fsp3) is 0.588. The van der Waals surface area contributed by atoms with Crippen molar-refractivity contribution in [3.63, 3.8) is 0 Å². The van der Waals surface area contributed by atoms with Crippen molar-refractivity contribution in [3.8, 4) is 0 Å². The molecule has 24 heavy (non-hydrogen) atoms. The van der Waals surface area contributed by atoms with Gasteiger partial charge in [0.15, 0.2) is 0 Å². The summed E-state index contributed by atoms with van der Waals surface area (Å²) in [6, 6.07) is 2.96. The first-order chi connectivity index (χ1) is 11.6. The van der Waals surface area contributed by atoms with E-state index < -0.39 is 11.6 Å². The zero-order valence-electron chi connectivity index (χ0n) is 13.6. The average Bonchev–Trinajstić information content (AvgIpc) is 2.59. The Morgan fingerprint density at radius 2 is 2.00 bits per heavy atom. The zero-order valence-corrected chi connectivity index (χ0v) is 13.6. The first-order valence-electron chi connectivity index (χ1n) is 8.46. The van der Waals surface area contributed by atoms with Gasteiger partial charge in [0.1, 0.15) is 11.6 Å². The number of halogens is 2. The van der Waals surface area contributed by atoms with Gasteiger partial charge in [-0.05, 0) is 31.4 Å². The van der Waals surface area contributed by atoms with Gasteiger partial charge in [-0.3, -0.25) is 4.90 Å². The summed E-state index contributed by atoms with van der Waals surface area (Å²) in [6.07, 6.45) is 2.97. The number of carbonyl (C=O) groups excluding carboxylic acids is 1. The quantitative estimate of drug-likeness (QED) is 0.921. The van der Waals surface area contributed by atoms with Gasteiger partial charge in [0.05, 0.1) is 18.9 Å². The van der Waals surface area contributed by atoms with E-state index in [1.165, 1.54) is 6.07 Å². The number of piperidine rings is 1.